The van der Waals surface area contributed by atoms with Gasteiger partial charge in [0.05, 0.1) is 0 Å². The van der Waals surface area contributed by atoms with E-state index in [1.807, 2.05) is 0 Å². The van der Waals surface area contributed by atoms with Crippen molar-refractivity contribution in [1.29, 1.82) is 0 Å². The molecule has 0 bridgehead atoms. The number of hydrogen-bond donors (Lipinski definition) is 1. The van der Waals surface area contributed by atoms with Gasteiger partial charge in [0, 0.05) is 18.5 Å². The first-order valence-electron chi connectivity index (χ1n) is 5.33. The minimum atomic E-state index is 0.373. The van der Waals surface area contributed by atoms with Crippen molar-refractivity contribution in [3.8, 4) is 0 Å². The number of amides is 1. The molecule has 1 aliphatic carbocycles. The molecule has 1 unspecified atom stereocenters. The highest BCUT2D eigenvalue weighted by atomic mass is 16.2. The summed E-state index contributed by atoms with van der Waals surface area (Å²) in [5, 5.41) is 0. The molecule has 13 heavy (non-hydrogen) atoms. The van der Waals surface area contributed by atoms with Gasteiger partial charge in [-0.2, -0.15) is 0 Å². The van der Waals surface area contributed by atoms with Gasteiger partial charge in [-0.25, -0.2) is 0 Å². The molecule has 0 aromatic carbocycles. The second-order valence-corrected chi connectivity index (χ2v) is 4.18. The van der Waals surface area contributed by atoms with Crippen LogP contribution in [0, 0.1) is 5.92 Å². The van der Waals surface area contributed by atoms with Crippen LogP contribution in [0.15, 0.2) is 0 Å². The highest BCUT2D eigenvalue weighted by molar-refractivity contribution is 5.81. The summed E-state index contributed by atoms with van der Waals surface area (Å²) in [5.74, 6) is 0.773. The third-order valence-corrected chi connectivity index (χ3v) is 3.09. The number of carbonyl (C=O) groups is 1. The quantitative estimate of drug-likeness (QED) is 0.699. The van der Waals surface area contributed by atoms with Gasteiger partial charge in [-0.3, -0.25) is 4.79 Å². The summed E-state index contributed by atoms with van der Waals surface area (Å²) < 4.78 is 0. The van der Waals surface area contributed by atoms with Crippen molar-refractivity contribution in [1.82, 2.24) is 4.90 Å². The molecule has 74 valence electrons. The molecular weight excluding hydrogens is 164 g/mol. The van der Waals surface area contributed by atoms with E-state index in [-0.39, 0.29) is 0 Å². The first-order valence-corrected chi connectivity index (χ1v) is 5.33. The number of carbonyl (C=O) groups excluding carboxylic acids is 1. The largest absolute Gasteiger partial charge is 0.339 e. The van der Waals surface area contributed by atoms with Crippen LogP contribution in [0.25, 0.3) is 0 Å². The third kappa shape index (κ3) is 1.85. The van der Waals surface area contributed by atoms with Gasteiger partial charge in [0.2, 0.25) is 5.91 Å². The van der Waals surface area contributed by atoms with Gasteiger partial charge in [0.1, 0.15) is 0 Å². The molecule has 1 aliphatic heterocycles. The molecule has 1 saturated carbocycles. The summed E-state index contributed by atoms with van der Waals surface area (Å²) in [5.41, 5.74) is 5.52. The Morgan fingerprint density at radius 1 is 1.38 bits per heavy atom. The van der Waals surface area contributed by atoms with E-state index in [4.69, 9.17) is 5.73 Å². The fraction of sp³-hybridized carbons (Fsp3) is 0.900. The van der Waals surface area contributed by atoms with Crippen LogP contribution in [-0.4, -0.2) is 29.9 Å². The Labute approximate surface area is 79.3 Å². The summed E-state index contributed by atoms with van der Waals surface area (Å²) in [7, 11) is 0. The minimum absolute atomic E-state index is 0.373. The van der Waals surface area contributed by atoms with Gasteiger partial charge in [-0.1, -0.05) is 0 Å². The van der Waals surface area contributed by atoms with Crippen LogP contribution in [0.3, 0.4) is 0 Å². The standard InChI is InChI=1S/C10H18N2O/c11-6-5-9-2-1-7-12(9)10(13)8-3-4-8/h8-9H,1-7,11H2. The predicted octanol–water partition coefficient (Wildman–Crippen LogP) is 0.736. The van der Waals surface area contributed by atoms with Crippen molar-refractivity contribution >= 4 is 5.91 Å². The van der Waals surface area contributed by atoms with E-state index in [0.717, 1.165) is 32.2 Å². The van der Waals surface area contributed by atoms with Crippen molar-refractivity contribution in [2.45, 2.75) is 38.1 Å². The zero-order valence-corrected chi connectivity index (χ0v) is 8.04. The lowest BCUT2D eigenvalue weighted by atomic mass is 10.1. The lowest BCUT2D eigenvalue weighted by Crippen LogP contribution is -2.37. The maximum Gasteiger partial charge on any atom is 0.225 e. The van der Waals surface area contributed by atoms with Gasteiger partial charge in [0.25, 0.3) is 0 Å². The molecule has 0 spiro atoms. The second kappa shape index (κ2) is 3.66. The zero-order valence-electron chi connectivity index (χ0n) is 8.04. The highest BCUT2D eigenvalue weighted by Crippen LogP contribution is 2.34. The minimum Gasteiger partial charge on any atom is -0.339 e. The molecule has 0 aromatic heterocycles. The Morgan fingerprint density at radius 2 is 2.15 bits per heavy atom. The topological polar surface area (TPSA) is 46.3 Å². The van der Waals surface area contributed by atoms with Crippen LogP contribution in [0.5, 0.6) is 0 Å². The van der Waals surface area contributed by atoms with E-state index >= 15 is 0 Å². The summed E-state index contributed by atoms with van der Waals surface area (Å²) in [4.78, 5) is 13.9. The van der Waals surface area contributed by atoms with Crippen LogP contribution in [-0.2, 0) is 4.79 Å². The molecule has 1 saturated heterocycles. The third-order valence-electron chi connectivity index (χ3n) is 3.09. The van der Waals surface area contributed by atoms with Crippen LogP contribution in [0.1, 0.15) is 32.1 Å². The van der Waals surface area contributed by atoms with E-state index in [1.54, 1.807) is 0 Å². The average molecular weight is 182 g/mol. The first-order chi connectivity index (χ1) is 6.33. The molecule has 0 radical (unpaired) electrons. The number of nitrogens with zero attached hydrogens (tertiary/aromatic N) is 1. The number of hydrogen-bond acceptors (Lipinski definition) is 2. The monoisotopic (exact) mass is 182 g/mol. The van der Waals surface area contributed by atoms with E-state index in [2.05, 4.69) is 4.90 Å². The van der Waals surface area contributed by atoms with Crippen LogP contribution < -0.4 is 5.73 Å². The summed E-state index contributed by atoms with van der Waals surface area (Å²) >= 11 is 0. The van der Waals surface area contributed by atoms with Crippen molar-refractivity contribution in [3.63, 3.8) is 0 Å². The first kappa shape index (κ1) is 9.00. The maximum absolute atomic E-state index is 11.8. The highest BCUT2D eigenvalue weighted by Gasteiger charge is 2.37. The van der Waals surface area contributed by atoms with Crippen molar-refractivity contribution in [2.75, 3.05) is 13.1 Å². The molecule has 1 amide bonds. The molecule has 2 rings (SSSR count). The van der Waals surface area contributed by atoms with Gasteiger partial charge in [0.15, 0.2) is 0 Å². The van der Waals surface area contributed by atoms with Crippen LogP contribution in [0.2, 0.25) is 0 Å². The average Bonchev–Trinajstić information content (AvgIpc) is 2.87. The number of nitrogens with two attached hydrogens (primary N) is 1. The fourth-order valence-corrected chi connectivity index (χ4v) is 2.18. The number of rotatable bonds is 3. The molecule has 2 N–H and O–H groups in total. The van der Waals surface area contributed by atoms with E-state index < -0.39 is 0 Å². The van der Waals surface area contributed by atoms with Gasteiger partial charge in [-0.15, -0.1) is 0 Å². The molecule has 3 nitrogen and oxygen atoms in total. The van der Waals surface area contributed by atoms with Crippen LogP contribution in [0.4, 0.5) is 0 Å². The summed E-state index contributed by atoms with van der Waals surface area (Å²) in [6.07, 6.45) is 5.55. The molecule has 1 heterocycles. The smallest absolute Gasteiger partial charge is 0.225 e. The van der Waals surface area contributed by atoms with Gasteiger partial charge < -0.3 is 10.6 Å². The predicted molar refractivity (Wildman–Crippen MR) is 51.1 cm³/mol. The Kier molecular flexibility index (Phi) is 2.54. The summed E-state index contributed by atoms with van der Waals surface area (Å²) in [6, 6.07) is 0.457. The van der Waals surface area contributed by atoms with Crippen molar-refractivity contribution < 1.29 is 4.79 Å². The molecule has 2 fully saturated rings. The summed E-state index contributed by atoms with van der Waals surface area (Å²) in [6.45, 7) is 1.68. The van der Waals surface area contributed by atoms with Gasteiger partial charge in [-0.05, 0) is 38.6 Å². The van der Waals surface area contributed by atoms with E-state index in [1.165, 1.54) is 6.42 Å². The molecule has 3 heteroatoms. The van der Waals surface area contributed by atoms with Crippen LogP contribution >= 0.6 is 0 Å². The Hall–Kier alpha value is -0.570. The van der Waals surface area contributed by atoms with Crippen molar-refractivity contribution in [3.05, 3.63) is 0 Å². The number of likely N-dealkylation sites (tertiary alicyclic amines) is 1. The fourth-order valence-electron chi connectivity index (χ4n) is 2.18. The normalized spacial score (nSPS) is 28.1. The molecule has 0 aromatic rings. The van der Waals surface area contributed by atoms with Crippen molar-refractivity contribution in [2.24, 2.45) is 11.7 Å². The zero-order chi connectivity index (χ0) is 9.26. The Balaban J connectivity index is 1.91. The lowest BCUT2D eigenvalue weighted by Gasteiger charge is -2.24. The lowest BCUT2D eigenvalue weighted by molar-refractivity contribution is -0.133. The second-order valence-electron chi connectivity index (χ2n) is 4.18. The van der Waals surface area contributed by atoms with E-state index in [9.17, 15) is 4.79 Å². The maximum atomic E-state index is 11.8. The van der Waals surface area contributed by atoms with Gasteiger partial charge >= 0.3 is 0 Å². The Morgan fingerprint density at radius 3 is 2.77 bits per heavy atom. The molecule has 1 atom stereocenters. The SMILES string of the molecule is NCCC1CCCN1C(=O)C1CC1. The Bertz CT molecular complexity index is 201. The molecule has 2 aliphatic rings. The molecular formula is C10H18N2O. The van der Waals surface area contributed by atoms with E-state index in [0.29, 0.717) is 24.4 Å².